The number of carbonyl (C=O) groups is 1. The Morgan fingerprint density at radius 3 is 2.54 bits per heavy atom. The molecular formula is C29H31N5O2S. The Kier molecular flexibility index (Phi) is 7.19. The molecule has 7 nitrogen and oxygen atoms in total. The second-order valence-electron chi connectivity index (χ2n) is 9.40. The van der Waals surface area contributed by atoms with Gasteiger partial charge in [0.05, 0.1) is 17.6 Å². The highest BCUT2D eigenvalue weighted by atomic mass is 32.2. The maximum atomic E-state index is 14.0. The third kappa shape index (κ3) is 4.93. The second-order valence-corrected chi connectivity index (χ2v) is 10.2. The summed E-state index contributed by atoms with van der Waals surface area (Å²) in [5.74, 6) is -0.123. The number of benzene rings is 2. The SMILES string of the molecule is CCC[C@@H](CC(=O)NSc1ccccn1)n1c(=O)n(Cc2cn(C)c3cccc(C)c23)c2ccccc21. The second kappa shape index (κ2) is 10.7. The van der Waals surface area contributed by atoms with Crippen molar-refractivity contribution in [1.82, 2.24) is 23.4 Å². The first-order valence-electron chi connectivity index (χ1n) is 12.6. The summed E-state index contributed by atoms with van der Waals surface area (Å²) in [6.07, 6.45) is 5.61. The van der Waals surface area contributed by atoms with Crippen LogP contribution in [-0.2, 0) is 18.4 Å². The quantitative estimate of drug-likeness (QED) is 0.260. The van der Waals surface area contributed by atoms with Crippen LogP contribution in [0.2, 0.25) is 0 Å². The van der Waals surface area contributed by atoms with Gasteiger partial charge in [0, 0.05) is 54.8 Å². The number of aryl methyl sites for hydroxylation is 2. The average molecular weight is 514 g/mol. The van der Waals surface area contributed by atoms with Gasteiger partial charge in [-0.1, -0.05) is 43.7 Å². The maximum Gasteiger partial charge on any atom is 0.329 e. The summed E-state index contributed by atoms with van der Waals surface area (Å²) < 4.78 is 8.68. The van der Waals surface area contributed by atoms with Crippen LogP contribution in [0.4, 0.5) is 0 Å². The van der Waals surface area contributed by atoms with Crippen LogP contribution in [0.15, 0.2) is 82.9 Å². The summed E-state index contributed by atoms with van der Waals surface area (Å²) in [5.41, 5.74) is 5.09. The van der Waals surface area contributed by atoms with Crippen LogP contribution in [0, 0.1) is 6.92 Å². The largest absolute Gasteiger partial charge is 0.350 e. The summed E-state index contributed by atoms with van der Waals surface area (Å²) in [4.78, 5) is 31.1. The van der Waals surface area contributed by atoms with Gasteiger partial charge in [0.2, 0.25) is 5.91 Å². The normalized spacial score (nSPS) is 12.3. The van der Waals surface area contributed by atoms with Gasteiger partial charge in [-0.2, -0.15) is 0 Å². The summed E-state index contributed by atoms with van der Waals surface area (Å²) in [5, 5.41) is 1.91. The molecule has 3 aromatic heterocycles. The molecule has 0 spiro atoms. The molecule has 190 valence electrons. The van der Waals surface area contributed by atoms with E-state index in [9.17, 15) is 9.59 Å². The third-order valence-electron chi connectivity index (χ3n) is 6.81. The number of carbonyl (C=O) groups excluding carboxylic acids is 1. The average Bonchev–Trinajstić information content (AvgIpc) is 3.37. The molecule has 8 heteroatoms. The predicted molar refractivity (Wildman–Crippen MR) is 150 cm³/mol. The monoisotopic (exact) mass is 513 g/mol. The smallest absolute Gasteiger partial charge is 0.329 e. The van der Waals surface area contributed by atoms with Crippen molar-refractivity contribution < 1.29 is 4.79 Å². The number of hydrogen-bond donors (Lipinski definition) is 1. The molecule has 0 aliphatic heterocycles. The number of nitrogens with zero attached hydrogens (tertiary/aromatic N) is 4. The summed E-state index contributed by atoms with van der Waals surface area (Å²) in [6.45, 7) is 4.66. The number of aromatic nitrogens is 4. The fourth-order valence-corrected chi connectivity index (χ4v) is 5.75. The third-order valence-corrected chi connectivity index (χ3v) is 7.59. The van der Waals surface area contributed by atoms with Crippen molar-refractivity contribution in [1.29, 1.82) is 0 Å². The van der Waals surface area contributed by atoms with E-state index in [0.29, 0.717) is 6.54 Å². The van der Waals surface area contributed by atoms with Gasteiger partial charge in [-0.3, -0.25) is 18.7 Å². The van der Waals surface area contributed by atoms with Crippen LogP contribution in [0.5, 0.6) is 0 Å². The molecule has 1 N–H and O–H groups in total. The first-order valence-corrected chi connectivity index (χ1v) is 13.4. The van der Waals surface area contributed by atoms with Crippen LogP contribution in [-0.4, -0.2) is 24.6 Å². The molecule has 1 atom stereocenters. The minimum Gasteiger partial charge on any atom is -0.350 e. The van der Waals surface area contributed by atoms with Crippen molar-refractivity contribution in [3.05, 3.63) is 94.7 Å². The molecule has 0 unspecified atom stereocenters. The highest BCUT2D eigenvalue weighted by molar-refractivity contribution is 7.97. The first kappa shape index (κ1) is 24.9. The van der Waals surface area contributed by atoms with E-state index < -0.39 is 0 Å². The van der Waals surface area contributed by atoms with Crippen LogP contribution in [0.3, 0.4) is 0 Å². The zero-order valence-corrected chi connectivity index (χ0v) is 22.2. The number of fused-ring (bicyclic) bond motifs is 2. The molecule has 0 aliphatic carbocycles. The Balaban J connectivity index is 1.50. The molecular weight excluding hydrogens is 482 g/mol. The topological polar surface area (TPSA) is 73.8 Å². The van der Waals surface area contributed by atoms with E-state index in [2.05, 4.69) is 52.5 Å². The Bertz CT molecular complexity index is 1620. The zero-order chi connectivity index (χ0) is 25.9. The number of nitrogens with one attached hydrogen (secondary N) is 1. The van der Waals surface area contributed by atoms with Crippen LogP contribution in [0.25, 0.3) is 21.9 Å². The van der Waals surface area contributed by atoms with Crippen molar-refractivity contribution in [3.63, 3.8) is 0 Å². The van der Waals surface area contributed by atoms with Gasteiger partial charge in [-0.15, -0.1) is 0 Å². The molecule has 3 heterocycles. The molecule has 37 heavy (non-hydrogen) atoms. The van der Waals surface area contributed by atoms with Crippen LogP contribution in [0.1, 0.15) is 43.4 Å². The van der Waals surface area contributed by atoms with Gasteiger partial charge in [0.1, 0.15) is 5.03 Å². The fourth-order valence-electron chi connectivity index (χ4n) is 5.19. The molecule has 0 aliphatic rings. The maximum absolute atomic E-state index is 14.0. The van der Waals surface area contributed by atoms with Gasteiger partial charge in [-0.05, 0) is 54.8 Å². The van der Waals surface area contributed by atoms with Crippen molar-refractivity contribution in [2.75, 3.05) is 0 Å². The number of para-hydroxylation sites is 2. The Morgan fingerprint density at radius 2 is 1.78 bits per heavy atom. The number of imidazole rings is 1. The van der Waals surface area contributed by atoms with Gasteiger partial charge in [-0.25, -0.2) is 9.78 Å². The van der Waals surface area contributed by atoms with Gasteiger partial charge >= 0.3 is 5.69 Å². The van der Waals surface area contributed by atoms with Gasteiger partial charge in [0.15, 0.2) is 0 Å². The molecule has 0 saturated carbocycles. The summed E-state index contributed by atoms with van der Waals surface area (Å²) in [7, 11) is 2.04. The fraction of sp³-hybridized carbons (Fsp3) is 0.276. The van der Waals surface area contributed by atoms with Gasteiger partial charge < -0.3 is 4.57 Å². The zero-order valence-electron chi connectivity index (χ0n) is 21.3. The standard InChI is InChI=1S/C29H31N5O2S/c1-4-10-22(17-26(35)31-37-27-15-7-8-16-30-27)34-24-13-6-5-12-23(24)33(29(34)36)19-21-18-32(3)25-14-9-11-20(2)28(21)25/h5-9,11-16,18,22H,4,10,17,19H2,1-3H3,(H,31,35)/t22-/m0/s1. The van der Waals surface area contributed by atoms with E-state index in [1.165, 1.54) is 22.9 Å². The van der Waals surface area contributed by atoms with Crippen molar-refractivity contribution >= 4 is 39.8 Å². The van der Waals surface area contributed by atoms with Crippen LogP contribution < -0.4 is 10.4 Å². The molecule has 0 saturated heterocycles. The molecule has 5 aromatic rings. The van der Waals surface area contributed by atoms with E-state index in [4.69, 9.17) is 0 Å². The highest BCUT2D eigenvalue weighted by Gasteiger charge is 2.23. The van der Waals surface area contributed by atoms with Crippen molar-refractivity contribution in [2.45, 2.75) is 50.7 Å². The van der Waals surface area contributed by atoms with E-state index in [1.807, 2.05) is 58.6 Å². The Morgan fingerprint density at radius 1 is 1.03 bits per heavy atom. The van der Waals surface area contributed by atoms with E-state index in [0.717, 1.165) is 40.0 Å². The minimum atomic E-state index is -0.248. The molecule has 0 bridgehead atoms. The summed E-state index contributed by atoms with van der Waals surface area (Å²) in [6, 6.07) is 19.5. The lowest BCUT2D eigenvalue weighted by Gasteiger charge is -2.17. The number of pyridine rings is 1. The lowest BCUT2D eigenvalue weighted by Crippen LogP contribution is -2.30. The molecule has 2 aromatic carbocycles. The molecule has 1 amide bonds. The van der Waals surface area contributed by atoms with E-state index in [1.54, 1.807) is 6.20 Å². The lowest BCUT2D eigenvalue weighted by atomic mass is 10.1. The van der Waals surface area contributed by atoms with E-state index in [-0.39, 0.29) is 24.1 Å². The molecule has 0 radical (unpaired) electrons. The first-order chi connectivity index (χ1) is 18.0. The summed E-state index contributed by atoms with van der Waals surface area (Å²) >= 11 is 1.20. The number of hydrogen-bond acceptors (Lipinski definition) is 4. The van der Waals surface area contributed by atoms with Crippen molar-refractivity contribution in [2.24, 2.45) is 7.05 Å². The van der Waals surface area contributed by atoms with Crippen LogP contribution >= 0.6 is 11.9 Å². The Hall–Kier alpha value is -3.78. The minimum absolute atomic E-state index is 0.0876. The highest BCUT2D eigenvalue weighted by Crippen LogP contribution is 2.28. The van der Waals surface area contributed by atoms with Crippen molar-refractivity contribution in [3.8, 4) is 0 Å². The predicted octanol–water partition coefficient (Wildman–Crippen LogP) is 5.60. The lowest BCUT2D eigenvalue weighted by molar-refractivity contribution is -0.120. The Labute approximate surface area is 220 Å². The number of rotatable bonds is 9. The van der Waals surface area contributed by atoms with Gasteiger partial charge in [0.25, 0.3) is 0 Å². The molecule has 5 rings (SSSR count). The number of amides is 1. The van der Waals surface area contributed by atoms with E-state index >= 15 is 0 Å². The molecule has 0 fully saturated rings.